The van der Waals surface area contributed by atoms with Gasteiger partial charge < -0.3 is 10.1 Å². The third-order valence-electron chi connectivity index (χ3n) is 4.63. The number of hydrogen-bond donors (Lipinski definition) is 1. The molecule has 1 amide bonds. The predicted octanol–water partition coefficient (Wildman–Crippen LogP) is 3.29. The first-order valence-electron chi connectivity index (χ1n) is 9.21. The van der Waals surface area contributed by atoms with Gasteiger partial charge in [0.15, 0.2) is 6.10 Å². The molecule has 0 heterocycles. The van der Waals surface area contributed by atoms with Gasteiger partial charge in [0.05, 0.1) is 18.0 Å². The first kappa shape index (κ1) is 21.8. The topological polar surface area (TPSA) is 75.7 Å². The molecule has 2 aromatic carbocycles. The number of nitrogens with zero attached hydrogens (tertiary/aromatic N) is 1. The number of hydrogen-bond acceptors (Lipinski definition) is 4. The molecule has 0 spiro atoms. The predicted molar refractivity (Wildman–Crippen MR) is 112 cm³/mol. The van der Waals surface area contributed by atoms with Crippen molar-refractivity contribution < 1.29 is 17.9 Å². The molecule has 7 heteroatoms. The number of amides is 1. The fourth-order valence-corrected chi connectivity index (χ4v) is 3.14. The van der Waals surface area contributed by atoms with Gasteiger partial charge in [-0.3, -0.25) is 9.10 Å². The number of benzene rings is 2. The summed E-state index contributed by atoms with van der Waals surface area (Å²) in [5, 5.41) is 2.95. The van der Waals surface area contributed by atoms with Crippen molar-refractivity contribution in [1.82, 2.24) is 5.32 Å². The average Bonchev–Trinajstić information content (AvgIpc) is 2.67. The molecular weight excluding hydrogens is 376 g/mol. The van der Waals surface area contributed by atoms with E-state index in [2.05, 4.69) is 24.4 Å². The summed E-state index contributed by atoms with van der Waals surface area (Å²) in [6.45, 7) is 5.71. The van der Waals surface area contributed by atoms with Crippen LogP contribution in [0.15, 0.2) is 48.5 Å². The number of carbonyl (C=O) groups is 1. The van der Waals surface area contributed by atoms with E-state index < -0.39 is 16.1 Å². The maximum Gasteiger partial charge on any atom is 0.261 e. The van der Waals surface area contributed by atoms with Gasteiger partial charge in [0.2, 0.25) is 10.0 Å². The van der Waals surface area contributed by atoms with Crippen LogP contribution in [-0.2, 0) is 21.2 Å². The molecule has 0 aliphatic carbocycles. The van der Waals surface area contributed by atoms with Gasteiger partial charge in [-0.1, -0.05) is 31.2 Å². The van der Waals surface area contributed by atoms with Crippen LogP contribution >= 0.6 is 0 Å². The lowest BCUT2D eigenvalue weighted by atomic mass is 10.0. The molecule has 0 aliphatic heterocycles. The summed E-state index contributed by atoms with van der Waals surface area (Å²) in [5.41, 5.74) is 2.81. The third kappa shape index (κ3) is 5.73. The maximum absolute atomic E-state index is 12.4. The number of rotatable bonds is 8. The van der Waals surface area contributed by atoms with E-state index in [0.29, 0.717) is 11.4 Å². The minimum atomic E-state index is -3.32. The molecule has 6 nitrogen and oxygen atoms in total. The molecule has 0 saturated heterocycles. The molecule has 0 aliphatic rings. The van der Waals surface area contributed by atoms with Crippen LogP contribution in [0.2, 0.25) is 0 Å². The number of sulfonamides is 1. The van der Waals surface area contributed by atoms with Crippen molar-refractivity contribution in [2.45, 2.75) is 39.3 Å². The summed E-state index contributed by atoms with van der Waals surface area (Å²) in [5.74, 6) is 0.276. The molecular formula is C21H28N2O4S. The Labute approximate surface area is 167 Å². The van der Waals surface area contributed by atoms with Gasteiger partial charge in [0.25, 0.3) is 5.91 Å². The molecule has 0 radical (unpaired) electrons. The molecule has 0 bridgehead atoms. The largest absolute Gasteiger partial charge is 0.481 e. The van der Waals surface area contributed by atoms with Gasteiger partial charge in [-0.2, -0.15) is 0 Å². The SMILES string of the molecule is CCc1ccc([C@H](C)NC(=O)[C@@H](C)Oc2ccc(N(C)S(C)(=O)=O)cc2)cc1. The Bertz CT molecular complexity index is 893. The van der Waals surface area contributed by atoms with E-state index in [1.54, 1.807) is 31.2 Å². The fraction of sp³-hybridized carbons (Fsp3) is 0.381. The number of nitrogens with one attached hydrogen (secondary N) is 1. The third-order valence-corrected chi connectivity index (χ3v) is 5.83. The quantitative estimate of drug-likeness (QED) is 0.733. The Morgan fingerprint density at radius 2 is 1.64 bits per heavy atom. The van der Waals surface area contributed by atoms with Crippen LogP contribution in [0.5, 0.6) is 5.75 Å². The number of ether oxygens (including phenoxy) is 1. The van der Waals surface area contributed by atoms with Crippen LogP contribution in [0, 0.1) is 0 Å². The minimum absolute atomic E-state index is 0.129. The highest BCUT2D eigenvalue weighted by atomic mass is 32.2. The Morgan fingerprint density at radius 3 is 2.14 bits per heavy atom. The molecule has 2 atom stereocenters. The monoisotopic (exact) mass is 404 g/mol. The highest BCUT2D eigenvalue weighted by molar-refractivity contribution is 7.92. The van der Waals surface area contributed by atoms with E-state index in [9.17, 15) is 13.2 Å². The van der Waals surface area contributed by atoms with Crippen molar-refractivity contribution in [3.05, 3.63) is 59.7 Å². The van der Waals surface area contributed by atoms with Crippen LogP contribution < -0.4 is 14.4 Å². The van der Waals surface area contributed by atoms with Crippen molar-refractivity contribution in [2.75, 3.05) is 17.6 Å². The van der Waals surface area contributed by atoms with Crippen LogP contribution in [0.3, 0.4) is 0 Å². The second-order valence-corrected chi connectivity index (χ2v) is 8.82. The van der Waals surface area contributed by atoms with E-state index in [4.69, 9.17) is 4.74 Å². The molecule has 0 fully saturated rings. The Balaban J connectivity index is 1.96. The smallest absolute Gasteiger partial charge is 0.261 e. The average molecular weight is 405 g/mol. The lowest BCUT2D eigenvalue weighted by molar-refractivity contribution is -0.127. The zero-order valence-corrected chi connectivity index (χ0v) is 17.8. The van der Waals surface area contributed by atoms with Gasteiger partial charge in [0.1, 0.15) is 5.75 Å². The molecule has 0 aromatic heterocycles. The normalized spacial score (nSPS) is 13.5. The fourth-order valence-electron chi connectivity index (χ4n) is 2.64. The number of carbonyl (C=O) groups excluding carboxylic acids is 1. The first-order chi connectivity index (χ1) is 13.1. The molecule has 0 saturated carbocycles. The number of anilines is 1. The standard InChI is InChI=1S/C21H28N2O4S/c1-6-17-7-9-18(10-8-17)15(2)22-21(24)16(3)27-20-13-11-19(12-14-20)23(4)28(5,25)26/h7-16H,6H2,1-5H3,(H,22,24)/t15-,16+/m0/s1. The van der Waals surface area contributed by atoms with E-state index >= 15 is 0 Å². The van der Waals surface area contributed by atoms with Crippen molar-refractivity contribution in [2.24, 2.45) is 0 Å². The van der Waals surface area contributed by atoms with Gasteiger partial charge in [-0.25, -0.2) is 8.42 Å². The second kappa shape index (κ2) is 9.10. The lowest BCUT2D eigenvalue weighted by Crippen LogP contribution is -2.37. The van der Waals surface area contributed by atoms with Crippen LogP contribution in [-0.4, -0.2) is 33.7 Å². The summed E-state index contributed by atoms with van der Waals surface area (Å²) in [7, 11) is -1.84. The van der Waals surface area contributed by atoms with Crippen LogP contribution in [0.1, 0.15) is 37.9 Å². The first-order valence-corrected chi connectivity index (χ1v) is 11.1. The highest BCUT2D eigenvalue weighted by Crippen LogP contribution is 2.21. The van der Waals surface area contributed by atoms with Gasteiger partial charge in [-0.05, 0) is 55.7 Å². The summed E-state index contributed by atoms with van der Waals surface area (Å²) in [6, 6.07) is 14.6. The van der Waals surface area contributed by atoms with E-state index in [1.807, 2.05) is 19.1 Å². The lowest BCUT2D eigenvalue weighted by Gasteiger charge is -2.20. The summed E-state index contributed by atoms with van der Waals surface area (Å²) >= 11 is 0. The van der Waals surface area contributed by atoms with Gasteiger partial charge in [0, 0.05) is 7.05 Å². The highest BCUT2D eigenvalue weighted by Gasteiger charge is 2.18. The van der Waals surface area contributed by atoms with Crippen molar-refractivity contribution in [3.8, 4) is 5.75 Å². The Hall–Kier alpha value is -2.54. The summed E-state index contributed by atoms with van der Waals surface area (Å²) in [4.78, 5) is 12.4. The molecule has 2 aromatic rings. The Morgan fingerprint density at radius 1 is 1.07 bits per heavy atom. The second-order valence-electron chi connectivity index (χ2n) is 6.81. The molecule has 28 heavy (non-hydrogen) atoms. The zero-order chi connectivity index (χ0) is 20.9. The maximum atomic E-state index is 12.4. The van der Waals surface area contributed by atoms with Crippen LogP contribution in [0.4, 0.5) is 5.69 Å². The molecule has 1 N–H and O–H groups in total. The molecule has 2 rings (SSSR count). The minimum Gasteiger partial charge on any atom is -0.481 e. The van der Waals surface area contributed by atoms with E-state index in [0.717, 1.165) is 18.2 Å². The van der Waals surface area contributed by atoms with Gasteiger partial charge in [-0.15, -0.1) is 0 Å². The summed E-state index contributed by atoms with van der Waals surface area (Å²) in [6.07, 6.45) is 1.43. The summed E-state index contributed by atoms with van der Waals surface area (Å²) < 4.78 is 30.0. The van der Waals surface area contributed by atoms with Crippen molar-refractivity contribution >= 4 is 21.6 Å². The van der Waals surface area contributed by atoms with E-state index in [1.165, 1.54) is 16.9 Å². The Kier molecular flexibility index (Phi) is 7.07. The zero-order valence-electron chi connectivity index (χ0n) is 17.0. The van der Waals surface area contributed by atoms with Crippen molar-refractivity contribution in [3.63, 3.8) is 0 Å². The molecule has 152 valence electrons. The van der Waals surface area contributed by atoms with Crippen LogP contribution in [0.25, 0.3) is 0 Å². The molecule has 0 unspecified atom stereocenters. The van der Waals surface area contributed by atoms with Crippen molar-refractivity contribution in [1.29, 1.82) is 0 Å². The van der Waals surface area contributed by atoms with Gasteiger partial charge >= 0.3 is 0 Å². The van der Waals surface area contributed by atoms with E-state index in [-0.39, 0.29) is 11.9 Å². The number of aryl methyl sites for hydroxylation is 1.